The highest BCUT2D eigenvalue weighted by Crippen LogP contribution is 2.68. The summed E-state index contributed by atoms with van der Waals surface area (Å²) < 4.78 is 0.890. The van der Waals surface area contributed by atoms with E-state index < -0.39 is 0 Å². The Balaban J connectivity index is 1.17. The number of rotatable bonds is 6. The Morgan fingerprint density at radius 1 is 1.00 bits per heavy atom. The lowest BCUT2D eigenvalue weighted by molar-refractivity contribution is -0.913. The molecule has 0 aromatic rings. The Hall–Kier alpha value is -0.650. The molecule has 0 bridgehead atoms. The molecule has 0 spiro atoms. The van der Waals surface area contributed by atoms with E-state index in [-0.39, 0.29) is 12.7 Å². The Labute approximate surface area is 220 Å². The van der Waals surface area contributed by atoms with Gasteiger partial charge in [-0.3, -0.25) is 4.79 Å². The number of likely N-dealkylation sites (N-methyl/N-ethyl adjacent to an activating group) is 1. The maximum Gasteiger partial charge on any atom is 0.222 e. The summed E-state index contributed by atoms with van der Waals surface area (Å²) >= 11 is 0. The van der Waals surface area contributed by atoms with Crippen molar-refractivity contribution < 1.29 is 19.5 Å². The molecular weight excluding hydrogens is 448 g/mol. The number of aliphatic hydroxyl groups excluding tert-OH is 2. The zero-order chi connectivity index (χ0) is 25.7. The van der Waals surface area contributed by atoms with E-state index in [0.717, 1.165) is 86.1 Å². The van der Waals surface area contributed by atoms with Crippen molar-refractivity contribution in [2.45, 2.75) is 97.5 Å². The fourth-order valence-electron chi connectivity index (χ4n) is 10.6. The fraction of sp³-hybridized carbons (Fsp3) is 0.968. The van der Waals surface area contributed by atoms with Gasteiger partial charge in [-0.1, -0.05) is 20.8 Å². The summed E-state index contributed by atoms with van der Waals surface area (Å²) in [6.45, 7) is 12.3. The summed E-state index contributed by atoms with van der Waals surface area (Å²) in [7, 11) is 2.20. The van der Waals surface area contributed by atoms with Crippen LogP contribution in [0.4, 0.5) is 0 Å². The van der Waals surface area contributed by atoms with E-state index in [1.807, 2.05) is 0 Å². The number of quaternary nitrogens is 1. The molecule has 0 aromatic carbocycles. The van der Waals surface area contributed by atoms with Gasteiger partial charge in [0.1, 0.15) is 6.54 Å². The Morgan fingerprint density at radius 2 is 1.69 bits per heavy atom. The minimum absolute atomic E-state index is 0.0537. The fourth-order valence-corrected chi connectivity index (χ4v) is 10.6. The lowest BCUT2D eigenvalue weighted by atomic mass is 9.44. The zero-order valence-electron chi connectivity index (χ0n) is 23.8. The SMILES string of the molecule is CC(CCC(=O)N1CC[N+](C)(CCO)CC1)[C@H]1CCC2C3CCC4C[C@H](O)CC[C@]4(C)C3CC[C@@]21C. The van der Waals surface area contributed by atoms with Gasteiger partial charge in [-0.15, -0.1) is 0 Å². The highest BCUT2D eigenvalue weighted by molar-refractivity contribution is 5.76. The molecule has 5 unspecified atom stereocenters. The molecule has 0 radical (unpaired) electrons. The summed E-state index contributed by atoms with van der Waals surface area (Å²) in [4.78, 5) is 15.2. The van der Waals surface area contributed by atoms with Crippen molar-refractivity contribution in [3.63, 3.8) is 0 Å². The largest absolute Gasteiger partial charge is 0.393 e. The van der Waals surface area contributed by atoms with Crippen molar-refractivity contribution in [3.05, 3.63) is 0 Å². The van der Waals surface area contributed by atoms with Gasteiger partial charge in [0.05, 0.1) is 45.9 Å². The second kappa shape index (κ2) is 10.2. The summed E-state index contributed by atoms with van der Waals surface area (Å²) in [5.41, 5.74) is 0.912. The number of hydrogen-bond donors (Lipinski definition) is 2. The monoisotopic (exact) mass is 503 g/mol. The van der Waals surface area contributed by atoms with Gasteiger partial charge in [-0.25, -0.2) is 0 Å². The van der Waals surface area contributed by atoms with E-state index in [4.69, 9.17) is 0 Å². The Bertz CT molecular complexity index is 795. The van der Waals surface area contributed by atoms with Gasteiger partial charge >= 0.3 is 0 Å². The number of carbonyl (C=O) groups excluding carboxylic acids is 1. The normalized spacial score (nSPS) is 44.9. The molecule has 5 fully saturated rings. The summed E-state index contributed by atoms with van der Waals surface area (Å²) in [5, 5.41) is 19.7. The molecule has 5 aliphatic rings. The molecule has 4 saturated carbocycles. The van der Waals surface area contributed by atoms with Gasteiger partial charge in [-0.05, 0) is 111 Å². The van der Waals surface area contributed by atoms with Crippen LogP contribution < -0.4 is 0 Å². The van der Waals surface area contributed by atoms with E-state index in [0.29, 0.717) is 29.1 Å². The van der Waals surface area contributed by atoms with Crippen LogP contribution in [-0.4, -0.2) is 78.0 Å². The first-order chi connectivity index (χ1) is 17.1. The minimum Gasteiger partial charge on any atom is -0.393 e. The van der Waals surface area contributed by atoms with Gasteiger partial charge in [0, 0.05) is 6.42 Å². The molecule has 4 aliphatic carbocycles. The summed E-state index contributed by atoms with van der Waals surface area (Å²) in [6.07, 6.45) is 13.2. The third kappa shape index (κ3) is 4.68. The topological polar surface area (TPSA) is 60.8 Å². The van der Waals surface area contributed by atoms with Crippen molar-refractivity contribution in [1.82, 2.24) is 4.90 Å². The quantitative estimate of drug-likeness (QED) is 0.517. The van der Waals surface area contributed by atoms with E-state index in [9.17, 15) is 15.0 Å². The van der Waals surface area contributed by atoms with E-state index >= 15 is 0 Å². The van der Waals surface area contributed by atoms with Crippen LogP contribution in [0.25, 0.3) is 0 Å². The first kappa shape index (κ1) is 26.9. The van der Waals surface area contributed by atoms with Gasteiger partial charge < -0.3 is 19.6 Å². The highest BCUT2D eigenvalue weighted by atomic mass is 16.3. The lowest BCUT2D eigenvalue weighted by Crippen LogP contribution is -2.59. The predicted octanol–water partition coefficient (Wildman–Crippen LogP) is 4.70. The summed E-state index contributed by atoms with van der Waals surface area (Å²) in [6, 6.07) is 0. The third-order valence-corrected chi connectivity index (χ3v) is 13.0. The van der Waals surface area contributed by atoms with E-state index in [2.05, 4.69) is 32.7 Å². The average Bonchev–Trinajstić information content (AvgIpc) is 3.20. The van der Waals surface area contributed by atoms with Crippen LogP contribution in [-0.2, 0) is 4.79 Å². The van der Waals surface area contributed by atoms with E-state index in [1.165, 1.54) is 44.9 Å². The molecule has 5 nitrogen and oxygen atoms in total. The molecule has 0 aromatic heterocycles. The first-order valence-electron chi connectivity index (χ1n) is 15.5. The van der Waals surface area contributed by atoms with Crippen molar-refractivity contribution in [2.24, 2.45) is 46.3 Å². The van der Waals surface area contributed by atoms with Crippen molar-refractivity contribution in [2.75, 3.05) is 46.4 Å². The predicted molar refractivity (Wildman–Crippen MR) is 144 cm³/mol. The number of amides is 1. The standard InChI is InChI=1S/C31H55N2O3/c1-22(5-10-29(36)32-15-17-33(4,18-16-32)19-20-34)26-8-9-27-25-7-6-23-21-24(35)11-13-30(23,2)28(25)12-14-31(26,27)3/h22-28,34-35H,5-21H2,1-4H3/q+1/t22?,23?,24-,25?,26-,27?,28?,30+,31-/m1/s1. The molecule has 2 N–H and O–H groups in total. The smallest absolute Gasteiger partial charge is 0.222 e. The maximum atomic E-state index is 13.1. The number of hydrogen-bond acceptors (Lipinski definition) is 3. The molecule has 9 atom stereocenters. The Kier molecular flexibility index (Phi) is 7.60. The number of fused-ring (bicyclic) bond motifs is 5. The number of piperazine rings is 1. The molecule has 36 heavy (non-hydrogen) atoms. The van der Waals surface area contributed by atoms with Crippen LogP contribution in [0.15, 0.2) is 0 Å². The van der Waals surface area contributed by atoms with Crippen LogP contribution in [0.1, 0.15) is 91.4 Å². The van der Waals surface area contributed by atoms with Crippen LogP contribution in [0.2, 0.25) is 0 Å². The molecule has 1 amide bonds. The second-order valence-electron chi connectivity index (χ2n) is 14.7. The molecule has 1 saturated heterocycles. The molecule has 206 valence electrons. The van der Waals surface area contributed by atoms with Crippen LogP contribution >= 0.6 is 0 Å². The van der Waals surface area contributed by atoms with Gasteiger partial charge in [-0.2, -0.15) is 0 Å². The van der Waals surface area contributed by atoms with Crippen LogP contribution in [0.3, 0.4) is 0 Å². The molecule has 5 rings (SSSR count). The second-order valence-corrected chi connectivity index (χ2v) is 14.7. The van der Waals surface area contributed by atoms with E-state index in [1.54, 1.807) is 0 Å². The average molecular weight is 504 g/mol. The van der Waals surface area contributed by atoms with Gasteiger partial charge in [0.15, 0.2) is 0 Å². The van der Waals surface area contributed by atoms with Crippen LogP contribution in [0, 0.1) is 46.3 Å². The van der Waals surface area contributed by atoms with Gasteiger partial charge in [0.2, 0.25) is 5.91 Å². The Morgan fingerprint density at radius 3 is 2.42 bits per heavy atom. The van der Waals surface area contributed by atoms with Gasteiger partial charge in [0.25, 0.3) is 0 Å². The first-order valence-corrected chi connectivity index (χ1v) is 15.5. The lowest BCUT2D eigenvalue weighted by Gasteiger charge is -2.61. The van der Waals surface area contributed by atoms with Crippen molar-refractivity contribution >= 4 is 5.91 Å². The molecule has 5 heteroatoms. The molecular formula is C31H55N2O3+. The third-order valence-electron chi connectivity index (χ3n) is 13.0. The zero-order valence-corrected chi connectivity index (χ0v) is 23.8. The highest BCUT2D eigenvalue weighted by Gasteiger charge is 2.60. The van der Waals surface area contributed by atoms with Crippen molar-refractivity contribution in [1.29, 1.82) is 0 Å². The molecule has 1 heterocycles. The van der Waals surface area contributed by atoms with Crippen LogP contribution in [0.5, 0.6) is 0 Å². The summed E-state index contributed by atoms with van der Waals surface area (Å²) in [5.74, 6) is 5.10. The number of nitrogens with zero attached hydrogens (tertiary/aromatic N) is 2. The number of aliphatic hydroxyl groups is 2. The maximum absolute atomic E-state index is 13.1. The minimum atomic E-state index is -0.0537. The molecule has 1 aliphatic heterocycles. The van der Waals surface area contributed by atoms with Crippen molar-refractivity contribution in [3.8, 4) is 0 Å². The number of carbonyl (C=O) groups is 1.